The number of benzene rings is 1. The Balaban J connectivity index is 2.11. The molecule has 1 saturated heterocycles. The van der Waals surface area contributed by atoms with Crippen molar-refractivity contribution in [1.29, 1.82) is 0 Å². The zero-order valence-electron chi connectivity index (χ0n) is 10.8. The molecule has 1 fully saturated rings. The summed E-state index contributed by atoms with van der Waals surface area (Å²) in [6.45, 7) is 3.68. The third-order valence-corrected chi connectivity index (χ3v) is 3.77. The van der Waals surface area contributed by atoms with E-state index in [1.807, 2.05) is 18.2 Å². The highest BCUT2D eigenvalue weighted by atomic mass is 79.9. The first-order valence-electron chi connectivity index (χ1n) is 6.22. The van der Waals surface area contributed by atoms with Gasteiger partial charge in [-0.3, -0.25) is 4.79 Å². The average molecular weight is 312 g/mol. The number of carbonyl (C=O) groups is 1. The molecule has 0 radical (unpaired) electrons. The van der Waals surface area contributed by atoms with E-state index in [0.29, 0.717) is 11.3 Å². The molecule has 0 aliphatic carbocycles. The number of hydrogen-bond acceptors (Lipinski definition) is 3. The normalized spacial score (nSPS) is 17.7. The van der Waals surface area contributed by atoms with Gasteiger partial charge in [0.05, 0.1) is 5.56 Å². The van der Waals surface area contributed by atoms with Crippen molar-refractivity contribution in [1.82, 2.24) is 4.90 Å². The molecule has 0 aromatic heterocycles. The Morgan fingerprint density at radius 3 is 2.67 bits per heavy atom. The van der Waals surface area contributed by atoms with Gasteiger partial charge in [0, 0.05) is 17.6 Å². The van der Waals surface area contributed by atoms with Crippen LogP contribution in [0.25, 0.3) is 0 Å². The Kier molecular flexibility index (Phi) is 4.40. The number of likely N-dealkylation sites (tertiary alicyclic amines) is 1. The van der Waals surface area contributed by atoms with Gasteiger partial charge < -0.3 is 9.64 Å². The van der Waals surface area contributed by atoms with Crippen LogP contribution in [0.2, 0.25) is 0 Å². The van der Waals surface area contributed by atoms with Gasteiger partial charge in [-0.1, -0.05) is 15.9 Å². The van der Waals surface area contributed by atoms with Crippen molar-refractivity contribution in [3.8, 4) is 5.75 Å². The second kappa shape index (κ2) is 5.85. The molecule has 1 aromatic rings. The Morgan fingerprint density at radius 1 is 1.39 bits per heavy atom. The summed E-state index contributed by atoms with van der Waals surface area (Å²) in [6, 6.07) is 5.61. The summed E-state index contributed by atoms with van der Waals surface area (Å²) in [5.41, 5.74) is 0.656. The topological polar surface area (TPSA) is 29.5 Å². The molecule has 1 heterocycles. The van der Waals surface area contributed by atoms with Gasteiger partial charge in [-0.2, -0.15) is 0 Å². The molecule has 3 nitrogen and oxygen atoms in total. The lowest BCUT2D eigenvalue weighted by Gasteiger charge is -2.29. The van der Waals surface area contributed by atoms with E-state index in [9.17, 15) is 4.79 Å². The highest BCUT2D eigenvalue weighted by Crippen LogP contribution is 2.26. The fourth-order valence-corrected chi connectivity index (χ4v) is 2.52. The van der Waals surface area contributed by atoms with Crippen LogP contribution < -0.4 is 4.74 Å². The zero-order valence-corrected chi connectivity index (χ0v) is 12.4. The van der Waals surface area contributed by atoms with Crippen molar-refractivity contribution in [3.05, 3.63) is 28.2 Å². The van der Waals surface area contributed by atoms with Crippen LogP contribution in [0.3, 0.4) is 0 Å². The van der Waals surface area contributed by atoms with Crippen LogP contribution in [-0.2, 0) is 0 Å². The predicted octanol–water partition coefficient (Wildman–Crippen LogP) is 3.12. The molecule has 0 saturated carbocycles. The van der Waals surface area contributed by atoms with E-state index in [4.69, 9.17) is 4.74 Å². The van der Waals surface area contributed by atoms with Gasteiger partial charge in [0.25, 0.3) is 0 Å². The van der Waals surface area contributed by atoms with Gasteiger partial charge in [0.2, 0.25) is 0 Å². The van der Waals surface area contributed by atoms with Crippen LogP contribution >= 0.6 is 15.9 Å². The number of piperidine rings is 1. The summed E-state index contributed by atoms with van der Waals surface area (Å²) >= 11 is 3.38. The highest BCUT2D eigenvalue weighted by molar-refractivity contribution is 9.10. The highest BCUT2D eigenvalue weighted by Gasteiger charge is 2.20. The second-order valence-corrected chi connectivity index (χ2v) is 5.73. The van der Waals surface area contributed by atoms with Crippen molar-refractivity contribution in [2.24, 2.45) is 0 Å². The number of ketones is 1. The summed E-state index contributed by atoms with van der Waals surface area (Å²) in [6.07, 6.45) is 2.26. The quantitative estimate of drug-likeness (QED) is 0.803. The number of rotatable bonds is 3. The lowest BCUT2D eigenvalue weighted by Crippen LogP contribution is -2.35. The molecule has 0 unspecified atom stereocenters. The van der Waals surface area contributed by atoms with E-state index in [1.54, 1.807) is 6.92 Å². The minimum absolute atomic E-state index is 0.0410. The van der Waals surface area contributed by atoms with E-state index in [0.717, 1.165) is 30.4 Å². The number of nitrogens with zero attached hydrogens (tertiary/aromatic N) is 1. The zero-order chi connectivity index (χ0) is 13.1. The number of carbonyl (C=O) groups excluding carboxylic acids is 1. The van der Waals surface area contributed by atoms with Crippen LogP contribution in [0, 0.1) is 0 Å². The molecule has 18 heavy (non-hydrogen) atoms. The fourth-order valence-electron chi connectivity index (χ4n) is 2.16. The van der Waals surface area contributed by atoms with Crippen molar-refractivity contribution in [2.45, 2.75) is 25.9 Å². The lowest BCUT2D eigenvalue weighted by atomic mass is 10.1. The van der Waals surface area contributed by atoms with Crippen LogP contribution in [0.4, 0.5) is 0 Å². The van der Waals surface area contributed by atoms with E-state index < -0.39 is 0 Å². The maximum absolute atomic E-state index is 11.6. The standard InChI is InChI=1S/C14H18BrNO2/c1-10(17)13-9-11(15)3-4-14(13)18-12-5-7-16(2)8-6-12/h3-4,9,12H,5-8H2,1-2H3. The maximum Gasteiger partial charge on any atom is 0.163 e. The first-order valence-corrected chi connectivity index (χ1v) is 7.01. The van der Waals surface area contributed by atoms with E-state index >= 15 is 0 Å². The Hall–Kier alpha value is -0.870. The largest absolute Gasteiger partial charge is 0.490 e. The molecule has 0 N–H and O–H groups in total. The summed E-state index contributed by atoms with van der Waals surface area (Å²) < 4.78 is 6.89. The van der Waals surface area contributed by atoms with Gasteiger partial charge in [0.15, 0.2) is 5.78 Å². The molecule has 1 aromatic carbocycles. The van der Waals surface area contributed by atoms with Gasteiger partial charge in [0.1, 0.15) is 11.9 Å². The Bertz CT molecular complexity index is 439. The third-order valence-electron chi connectivity index (χ3n) is 3.28. The number of hydrogen-bond donors (Lipinski definition) is 0. The smallest absolute Gasteiger partial charge is 0.163 e. The SMILES string of the molecule is CC(=O)c1cc(Br)ccc1OC1CCN(C)CC1. The maximum atomic E-state index is 11.6. The first-order chi connectivity index (χ1) is 8.56. The average Bonchev–Trinajstić information content (AvgIpc) is 2.34. The molecule has 0 bridgehead atoms. The number of ether oxygens (including phenoxy) is 1. The fraction of sp³-hybridized carbons (Fsp3) is 0.500. The molecule has 0 spiro atoms. The third kappa shape index (κ3) is 3.33. The summed E-state index contributed by atoms with van der Waals surface area (Å²) in [7, 11) is 2.12. The molecule has 2 rings (SSSR count). The molecule has 1 aliphatic rings. The molecule has 4 heteroatoms. The van der Waals surface area contributed by atoms with Gasteiger partial charge in [-0.05, 0) is 45.0 Å². The van der Waals surface area contributed by atoms with Crippen molar-refractivity contribution < 1.29 is 9.53 Å². The monoisotopic (exact) mass is 311 g/mol. The van der Waals surface area contributed by atoms with Crippen molar-refractivity contribution in [2.75, 3.05) is 20.1 Å². The molecule has 0 amide bonds. The van der Waals surface area contributed by atoms with Crippen LogP contribution in [0.5, 0.6) is 5.75 Å². The Morgan fingerprint density at radius 2 is 2.06 bits per heavy atom. The number of Topliss-reactive ketones (excluding diaryl/α,β-unsaturated/α-hetero) is 1. The van der Waals surface area contributed by atoms with Gasteiger partial charge in [-0.25, -0.2) is 0 Å². The van der Waals surface area contributed by atoms with E-state index in [2.05, 4.69) is 27.9 Å². The van der Waals surface area contributed by atoms with E-state index in [-0.39, 0.29) is 11.9 Å². The summed E-state index contributed by atoms with van der Waals surface area (Å²) in [5.74, 6) is 0.750. The molecule has 0 atom stereocenters. The van der Waals surface area contributed by atoms with Crippen LogP contribution in [-0.4, -0.2) is 36.9 Å². The van der Waals surface area contributed by atoms with Crippen LogP contribution in [0.1, 0.15) is 30.1 Å². The molecular weight excluding hydrogens is 294 g/mol. The van der Waals surface area contributed by atoms with Gasteiger partial charge in [-0.15, -0.1) is 0 Å². The van der Waals surface area contributed by atoms with E-state index in [1.165, 1.54) is 0 Å². The minimum Gasteiger partial charge on any atom is -0.490 e. The van der Waals surface area contributed by atoms with Crippen molar-refractivity contribution >= 4 is 21.7 Å². The molecule has 98 valence electrons. The number of halogens is 1. The first kappa shape index (κ1) is 13.6. The molecular formula is C14H18BrNO2. The Labute approximate surface area is 116 Å². The minimum atomic E-state index is 0.0410. The summed E-state index contributed by atoms with van der Waals surface area (Å²) in [4.78, 5) is 13.9. The van der Waals surface area contributed by atoms with Crippen molar-refractivity contribution in [3.63, 3.8) is 0 Å². The lowest BCUT2D eigenvalue weighted by molar-refractivity contribution is 0.0981. The van der Waals surface area contributed by atoms with Crippen LogP contribution in [0.15, 0.2) is 22.7 Å². The second-order valence-electron chi connectivity index (χ2n) is 4.82. The summed E-state index contributed by atoms with van der Waals surface area (Å²) in [5, 5.41) is 0. The predicted molar refractivity (Wildman–Crippen MR) is 75.3 cm³/mol. The van der Waals surface area contributed by atoms with Gasteiger partial charge >= 0.3 is 0 Å². The molecule has 1 aliphatic heterocycles.